The molecule has 5 heteroatoms. The summed E-state index contributed by atoms with van der Waals surface area (Å²) >= 11 is 8.26. The summed E-state index contributed by atoms with van der Waals surface area (Å²) < 4.78 is 7.54. The Morgan fingerprint density at radius 1 is 1.32 bits per heavy atom. The minimum absolute atomic E-state index is 0.0233. The van der Waals surface area contributed by atoms with Crippen LogP contribution < -0.4 is 4.74 Å². The molecule has 0 unspecified atom stereocenters. The first kappa shape index (κ1) is 13.3. The van der Waals surface area contributed by atoms with Crippen molar-refractivity contribution < 1.29 is 9.53 Å². The molecule has 0 atom stereocenters. The molecule has 1 aliphatic rings. The summed E-state index contributed by atoms with van der Waals surface area (Å²) in [7, 11) is 0. The molecule has 0 amide bonds. The van der Waals surface area contributed by atoms with E-state index < -0.39 is 0 Å². The molecule has 1 aromatic heterocycles. The molecule has 2 nitrogen and oxygen atoms in total. The van der Waals surface area contributed by atoms with Crippen molar-refractivity contribution in [2.45, 2.75) is 12.8 Å². The van der Waals surface area contributed by atoms with Gasteiger partial charge in [0.25, 0.3) is 0 Å². The highest BCUT2D eigenvalue weighted by atomic mass is 79.9. The number of thiophene rings is 1. The predicted molar refractivity (Wildman–Crippen MR) is 83.4 cm³/mol. The van der Waals surface area contributed by atoms with Gasteiger partial charge in [-0.15, -0.1) is 11.3 Å². The lowest BCUT2D eigenvalue weighted by Crippen LogP contribution is -2.12. The van der Waals surface area contributed by atoms with Gasteiger partial charge in [0.05, 0.1) is 20.8 Å². The molecule has 0 fully saturated rings. The second kappa shape index (κ2) is 5.38. The van der Waals surface area contributed by atoms with Crippen molar-refractivity contribution in [3.8, 4) is 5.75 Å². The molecule has 98 valence electrons. The highest BCUT2D eigenvalue weighted by Gasteiger charge is 2.22. The summed E-state index contributed by atoms with van der Waals surface area (Å²) in [5, 5.41) is 0. The molecule has 19 heavy (non-hydrogen) atoms. The quantitative estimate of drug-likeness (QED) is 0.673. The Labute approximate surface area is 132 Å². The number of ether oxygens (including phenoxy) is 1. The Morgan fingerprint density at radius 3 is 2.89 bits per heavy atom. The Balaban J connectivity index is 2.04. The van der Waals surface area contributed by atoms with E-state index in [4.69, 9.17) is 4.74 Å². The van der Waals surface area contributed by atoms with Crippen LogP contribution >= 0.6 is 43.2 Å². The first-order valence-electron chi connectivity index (χ1n) is 5.91. The monoisotopic (exact) mass is 400 g/mol. The molecule has 2 heterocycles. The van der Waals surface area contributed by atoms with Crippen molar-refractivity contribution in [3.63, 3.8) is 0 Å². The molecule has 0 radical (unpaired) electrons. The van der Waals surface area contributed by atoms with Crippen LogP contribution in [0.25, 0.3) is 0 Å². The lowest BCUT2D eigenvalue weighted by Gasteiger charge is -2.19. The fourth-order valence-corrected chi connectivity index (χ4v) is 4.15. The topological polar surface area (TPSA) is 26.3 Å². The zero-order chi connectivity index (χ0) is 13.4. The van der Waals surface area contributed by atoms with Crippen molar-refractivity contribution in [3.05, 3.63) is 48.5 Å². The number of hydrogen-bond acceptors (Lipinski definition) is 3. The fraction of sp³-hybridized carbons (Fsp3) is 0.214. The van der Waals surface area contributed by atoms with Gasteiger partial charge in [0.1, 0.15) is 5.75 Å². The van der Waals surface area contributed by atoms with Crippen molar-refractivity contribution in [2.24, 2.45) is 0 Å². The Bertz CT molecular complexity index is 629. The number of carbonyl (C=O) groups excluding carboxylic acids is 1. The number of aryl methyl sites for hydroxylation is 1. The van der Waals surface area contributed by atoms with E-state index in [9.17, 15) is 4.79 Å². The van der Waals surface area contributed by atoms with Gasteiger partial charge >= 0.3 is 0 Å². The summed E-state index contributed by atoms with van der Waals surface area (Å²) in [6, 6.07) is 7.65. The molecule has 0 N–H and O–H groups in total. The summed E-state index contributed by atoms with van der Waals surface area (Å²) in [6.07, 6.45) is 2.00. The van der Waals surface area contributed by atoms with Crippen LogP contribution in [0.15, 0.2) is 32.5 Å². The van der Waals surface area contributed by atoms with Crippen LogP contribution in [0.3, 0.4) is 0 Å². The average Bonchev–Trinajstić information content (AvgIpc) is 2.77. The molecular formula is C14H10Br2O2S. The standard InChI is InChI=1S/C14H10Br2O2S/c15-10-7-11(19-14(10)16)12(17)9-5-1-3-8-4-2-6-18-13(8)9/h1,3,5,7H,2,4,6H2. The van der Waals surface area contributed by atoms with Crippen molar-refractivity contribution in [1.29, 1.82) is 0 Å². The summed E-state index contributed by atoms with van der Waals surface area (Å²) in [5.41, 5.74) is 1.80. The van der Waals surface area contributed by atoms with E-state index in [0.717, 1.165) is 32.4 Å². The van der Waals surface area contributed by atoms with E-state index in [2.05, 4.69) is 31.9 Å². The van der Waals surface area contributed by atoms with E-state index in [1.54, 1.807) is 0 Å². The van der Waals surface area contributed by atoms with Crippen LogP contribution in [0.2, 0.25) is 0 Å². The first-order valence-corrected chi connectivity index (χ1v) is 8.31. The molecule has 1 aliphatic heterocycles. The number of para-hydroxylation sites is 1. The van der Waals surface area contributed by atoms with Gasteiger partial charge in [0.15, 0.2) is 0 Å². The van der Waals surface area contributed by atoms with Gasteiger partial charge in [-0.25, -0.2) is 0 Å². The third-order valence-corrected chi connectivity index (χ3v) is 6.30. The molecule has 1 aromatic carbocycles. The zero-order valence-electron chi connectivity index (χ0n) is 9.91. The van der Waals surface area contributed by atoms with Crippen LogP contribution in [0.1, 0.15) is 27.2 Å². The molecule has 0 bridgehead atoms. The predicted octanol–water partition coefficient (Wildman–Crippen LogP) is 4.83. The van der Waals surface area contributed by atoms with Gasteiger partial charge in [-0.1, -0.05) is 12.1 Å². The lowest BCUT2D eigenvalue weighted by atomic mass is 9.99. The molecule has 2 aromatic rings. The Morgan fingerprint density at radius 2 is 2.16 bits per heavy atom. The molecule has 3 rings (SSSR count). The Kier molecular flexibility index (Phi) is 3.78. The number of halogens is 2. The van der Waals surface area contributed by atoms with Crippen LogP contribution in [0, 0.1) is 0 Å². The molecular weight excluding hydrogens is 392 g/mol. The number of carbonyl (C=O) groups is 1. The minimum atomic E-state index is 0.0233. The number of rotatable bonds is 2. The third kappa shape index (κ3) is 2.51. The van der Waals surface area contributed by atoms with Crippen molar-refractivity contribution >= 4 is 49.0 Å². The minimum Gasteiger partial charge on any atom is -0.493 e. The molecule has 0 spiro atoms. The smallest absolute Gasteiger partial charge is 0.206 e. The zero-order valence-corrected chi connectivity index (χ0v) is 13.9. The van der Waals surface area contributed by atoms with Gasteiger partial charge in [0, 0.05) is 4.47 Å². The lowest BCUT2D eigenvalue weighted by molar-refractivity contribution is 0.103. The number of fused-ring (bicyclic) bond motifs is 1. The number of hydrogen-bond donors (Lipinski definition) is 0. The molecule has 0 saturated heterocycles. The fourth-order valence-electron chi connectivity index (χ4n) is 2.16. The average molecular weight is 402 g/mol. The summed E-state index contributed by atoms with van der Waals surface area (Å²) in [6.45, 7) is 0.690. The van der Waals surface area contributed by atoms with E-state index in [0.29, 0.717) is 17.0 Å². The third-order valence-electron chi connectivity index (χ3n) is 3.05. The van der Waals surface area contributed by atoms with E-state index >= 15 is 0 Å². The largest absolute Gasteiger partial charge is 0.493 e. The van der Waals surface area contributed by atoms with Gasteiger partial charge < -0.3 is 4.74 Å². The van der Waals surface area contributed by atoms with Crippen LogP contribution in [0.4, 0.5) is 0 Å². The van der Waals surface area contributed by atoms with Gasteiger partial charge in [0.2, 0.25) is 5.78 Å². The summed E-state index contributed by atoms with van der Waals surface area (Å²) in [4.78, 5) is 13.3. The van der Waals surface area contributed by atoms with Gasteiger partial charge in [-0.3, -0.25) is 4.79 Å². The van der Waals surface area contributed by atoms with Crippen LogP contribution in [-0.2, 0) is 6.42 Å². The maximum absolute atomic E-state index is 12.6. The maximum atomic E-state index is 12.6. The number of benzene rings is 1. The van der Waals surface area contributed by atoms with E-state index in [1.807, 2.05) is 24.3 Å². The van der Waals surface area contributed by atoms with E-state index in [1.165, 1.54) is 11.3 Å². The Hall–Kier alpha value is -0.650. The highest BCUT2D eigenvalue weighted by Crippen LogP contribution is 2.36. The van der Waals surface area contributed by atoms with Gasteiger partial charge in [-0.05, 0) is 62.4 Å². The van der Waals surface area contributed by atoms with Gasteiger partial charge in [-0.2, -0.15) is 0 Å². The second-order valence-electron chi connectivity index (χ2n) is 4.31. The van der Waals surface area contributed by atoms with Crippen molar-refractivity contribution in [1.82, 2.24) is 0 Å². The van der Waals surface area contributed by atoms with Crippen LogP contribution in [-0.4, -0.2) is 12.4 Å². The summed E-state index contributed by atoms with van der Waals surface area (Å²) in [5.74, 6) is 0.787. The maximum Gasteiger partial charge on any atom is 0.206 e. The molecule has 0 aliphatic carbocycles. The highest BCUT2D eigenvalue weighted by molar-refractivity contribution is 9.13. The normalized spacial score (nSPS) is 13.8. The SMILES string of the molecule is O=C(c1cc(Br)c(Br)s1)c1cccc2c1OCCC2. The first-order chi connectivity index (χ1) is 9.16. The second-order valence-corrected chi connectivity index (χ2v) is 7.53. The van der Waals surface area contributed by atoms with E-state index in [-0.39, 0.29) is 5.78 Å². The number of ketones is 1. The van der Waals surface area contributed by atoms with Crippen LogP contribution in [0.5, 0.6) is 5.75 Å². The van der Waals surface area contributed by atoms with Crippen molar-refractivity contribution in [2.75, 3.05) is 6.61 Å². The molecule has 0 saturated carbocycles.